The number of rotatable bonds is 8. The van der Waals surface area contributed by atoms with Gasteiger partial charge in [-0.15, -0.1) is 0 Å². The maximum Gasteiger partial charge on any atom is 0.315 e. The molecule has 5 nitrogen and oxygen atoms in total. The first-order valence-electron chi connectivity index (χ1n) is 9.48. The normalized spacial score (nSPS) is 15.9. The largest absolute Gasteiger partial charge is 0.497 e. The van der Waals surface area contributed by atoms with E-state index in [2.05, 4.69) is 33.7 Å². The Hall–Kier alpha value is -2.53. The number of nitrogens with zero attached hydrogens (tertiary/aromatic N) is 1. The molecule has 0 aliphatic heterocycles. The van der Waals surface area contributed by atoms with E-state index < -0.39 is 0 Å². The lowest BCUT2D eigenvalue weighted by Gasteiger charge is -2.26. The fourth-order valence-electron chi connectivity index (χ4n) is 3.39. The molecule has 0 radical (unpaired) electrons. The molecule has 2 unspecified atom stereocenters. The third-order valence-corrected chi connectivity index (χ3v) is 5.10. The van der Waals surface area contributed by atoms with Crippen LogP contribution in [0.2, 0.25) is 0 Å². The number of methoxy groups -OCH3 is 1. The van der Waals surface area contributed by atoms with Crippen LogP contribution in [-0.4, -0.2) is 38.7 Å². The lowest BCUT2D eigenvalue weighted by Crippen LogP contribution is -2.42. The Labute approximate surface area is 161 Å². The first kappa shape index (κ1) is 19.2. The summed E-state index contributed by atoms with van der Waals surface area (Å²) in [4.78, 5) is 14.7. The van der Waals surface area contributed by atoms with E-state index >= 15 is 0 Å². The zero-order valence-corrected chi connectivity index (χ0v) is 16.3. The van der Waals surface area contributed by atoms with Gasteiger partial charge in [-0.3, -0.25) is 0 Å². The minimum atomic E-state index is -0.120. The lowest BCUT2D eigenvalue weighted by molar-refractivity contribution is 0.227. The molecule has 0 heterocycles. The summed E-state index contributed by atoms with van der Waals surface area (Å²) in [5, 5.41) is 6.22. The van der Waals surface area contributed by atoms with Crippen LogP contribution < -0.4 is 15.4 Å². The highest BCUT2D eigenvalue weighted by Gasteiger charge is 2.33. The van der Waals surface area contributed by atoms with Crippen molar-refractivity contribution >= 4 is 6.03 Å². The summed E-state index contributed by atoms with van der Waals surface area (Å²) in [6.07, 6.45) is 2.34. The van der Waals surface area contributed by atoms with Gasteiger partial charge in [0.05, 0.1) is 19.2 Å². The standard InChI is InChI=1S/C22H29N3O2/c1-25(2)20(18-10-7-11-19(14-18)27-3)15-23-22(26)24-21(17-12-13-17)16-8-5-4-6-9-16/h4-11,14,17,20-21H,12-13,15H2,1-3H3,(H2,23,24,26). The predicted octanol–water partition coefficient (Wildman–Crippen LogP) is 3.75. The van der Waals surface area contributed by atoms with E-state index in [4.69, 9.17) is 4.74 Å². The molecule has 144 valence electrons. The molecule has 2 aromatic rings. The van der Waals surface area contributed by atoms with Crippen molar-refractivity contribution in [2.45, 2.75) is 24.9 Å². The van der Waals surface area contributed by atoms with Crippen LogP contribution in [0.15, 0.2) is 54.6 Å². The Morgan fingerprint density at radius 2 is 1.81 bits per heavy atom. The number of hydrogen-bond acceptors (Lipinski definition) is 3. The topological polar surface area (TPSA) is 53.6 Å². The number of hydrogen-bond donors (Lipinski definition) is 2. The summed E-state index contributed by atoms with van der Waals surface area (Å²) in [6, 6.07) is 18.2. The van der Waals surface area contributed by atoms with Crippen LogP contribution in [0, 0.1) is 5.92 Å². The van der Waals surface area contributed by atoms with Gasteiger partial charge in [-0.2, -0.15) is 0 Å². The van der Waals surface area contributed by atoms with Gasteiger partial charge in [0.1, 0.15) is 5.75 Å². The lowest BCUT2D eigenvalue weighted by atomic mass is 10.0. The van der Waals surface area contributed by atoms with Gasteiger partial charge in [0.25, 0.3) is 0 Å². The van der Waals surface area contributed by atoms with E-state index in [1.807, 2.05) is 50.5 Å². The Balaban J connectivity index is 1.62. The second kappa shape index (κ2) is 8.91. The van der Waals surface area contributed by atoms with Gasteiger partial charge in [0.15, 0.2) is 0 Å². The first-order valence-corrected chi connectivity index (χ1v) is 9.48. The molecule has 0 saturated heterocycles. The maximum absolute atomic E-state index is 12.6. The summed E-state index contributed by atoms with van der Waals surface area (Å²) in [5.74, 6) is 1.36. The van der Waals surface area contributed by atoms with Crippen LogP contribution in [0.3, 0.4) is 0 Å². The Morgan fingerprint density at radius 3 is 2.44 bits per heavy atom. The molecule has 2 aromatic carbocycles. The smallest absolute Gasteiger partial charge is 0.315 e. The highest BCUT2D eigenvalue weighted by molar-refractivity contribution is 5.74. The first-order chi connectivity index (χ1) is 13.1. The van der Waals surface area contributed by atoms with Crippen LogP contribution in [0.4, 0.5) is 4.79 Å². The molecule has 3 rings (SSSR count). The van der Waals surface area contributed by atoms with Gasteiger partial charge >= 0.3 is 6.03 Å². The molecule has 1 saturated carbocycles. The second-order valence-electron chi connectivity index (χ2n) is 7.34. The van der Waals surface area contributed by atoms with Crippen molar-refractivity contribution in [2.24, 2.45) is 5.92 Å². The van der Waals surface area contributed by atoms with E-state index in [9.17, 15) is 4.79 Å². The van der Waals surface area contributed by atoms with Gasteiger partial charge in [-0.05, 0) is 56.1 Å². The van der Waals surface area contributed by atoms with Gasteiger partial charge in [0, 0.05) is 6.54 Å². The summed E-state index contributed by atoms with van der Waals surface area (Å²) in [7, 11) is 5.69. The predicted molar refractivity (Wildman–Crippen MR) is 108 cm³/mol. The van der Waals surface area contributed by atoms with Crippen molar-refractivity contribution in [3.8, 4) is 5.75 Å². The van der Waals surface area contributed by atoms with Crippen LogP contribution in [-0.2, 0) is 0 Å². The molecule has 2 atom stereocenters. The number of amides is 2. The molecule has 27 heavy (non-hydrogen) atoms. The number of ether oxygens (including phenoxy) is 1. The monoisotopic (exact) mass is 367 g/mol. The van der Waals surface area contributed by atoms with E-state index in [0.717, 1.165) is 11.3 Å². The van der Waals surface area contributed by atoms with Gasteiger partial charge in [-0.1, -0.05) is 42.5 Å². The fourth-order valence-corrected chi connectivity index (χ4v) is 3.39. The van der Waals surface area contributed by atoms with Crippen molar-refractivity contribution in [3.05, 3.63) is 65.7 Å². The van der Waals surface area contributed by atoms with Crippen LogP contribution >= 0.6 is 0 Å². The van der Waals surface area contributed by atoms with Crippen LogP contribution in [0.25, 0.3) is 0 Å². The third-order valence-electron chi connectivity index (χ3n) is 5.10. The highest BCUT2D eigenvalue weighted by Crippen LogP contribution is 2.40. The molecule has 0 aromatic heterocycles. The van der Waals surface area contributed by atoms with Gasteiger partial charge in [-0.25, -0.2) is 4.79 Å². The fraction of sp³-hybridized carbons (Fsp3) is 0.409. The molecule has 1 aliphatic carbocycles. The quantitative estimate of drug-likeness (QED) is 0.747. The molecule has 0 bridgehead atoms. The molecule has 1 fully saturated rings. The SMILES string of the molecule is COc1cccc(C(CNC(=O)NC(c2ccccc2)C2CC2)N(C)C)c1. The van der Waals surface area contributed by atoms with Crippen LogP contribution in [0.5, 0.6) is 5.75 Å². The summed E-state index contributed by atoms with van der Waals surface area (Å²) < 4.78 is 5.33. The number of carbonyl (C=O) groups excluding carboxylic acids is 1. The number of benzene rings is 2. The molecule has 0 spiro atoms. The minimum Gasteiger partial charge on any atom is -0.497 e. The summed E-state index contributed by atoms with van der Waals surface area (Å²) in [5.41, 5.74) is 2.29. The molecule has 2 amide bonds. The van der Waals surface area contributed by atoms with Crippen molar-refractivity contribution in [1.82, 2.24) is 15.5 Å². The number of likely N-dealkylation sites (N-methyl/N-ethyl adjacent to an activating group) is 1. The Morgan fingerprint density at radius 1 is 1.11 bits per heavy atom. The van der Waals surface area contributed by atoms with Gasteiger partial charge in [0.2, 0.25) is 0 Å². The van der Waals surface area contributed by atoms with Crippen molar-refractivity contribution in [2.75, 3.05) is 27.7 Å². The summed E-state index contributed by atoms with van der Waals surface area (Å²) >= 11 is 0. The van der Waals surface area contributed by atoms with Crippen molar-refractivity contribution in [3.63, 3.8) is 0 Å². The minimum absolute atomic E-state index is 0.0713. The van der Waals surface area contributed by atoms with E-state index in [1.165, 1.54) is 18.4 Å². The highest BCUT2D eigenvalue weighted by atomic mass is 16.5. The van der Waals surface area contributed by atoms with E-state index in [1.54, 1.807) is 7.11 Å². The molecule has 5 heteroatoms. The second-order valence-corrected chi connectivity index (χ2v) is 7.34. The Bertz CT molecular complexity index is 744. The third kappa shape index (κ3) is 5.23. The van der Waals surface area contributed by atoms with Crippen LogP contribution in [0.1, 0.15) is 36.1 Å². The Kier molecular flexibility index (Phi) is 6.35. The average molecular weight is 367 g/mol. The van der Waals surface area contributed by atoms with Crippen molar-refractivity contribution < 1.29 is 9.53 Å². The summed E-state index contributed by atoms with van der Waals surface area (Å²) in [6.45, 7) is 0.526. The molecule has 1 aliphatic rings. The van der Waals surface area contributed by atoms with E-state index in [-0.39, 0.29) is 18.1 Å². The van der Waals surface area contributed by atoms with E-state index in [0.29, 0.717) is 12.5 Å². The average Bonchev–Trinajstić information content (AvgIpc) is 3.52. The molecular weight excluding hydrogens is 338 g/mol. The molecule has 2 N–H and O–H groups in total. The van der Waals surface area contributed by atoms with Gasteiger partial charge < -0.3 is 20.3 Å². The van der Waals surface area contributed by atoms with Crippen molar-refractivity contribution in [1.29, 1.82) is 0 Å². The number of urea groups is 1. The zero-order chi connectivity index (χ0) is 19.2. The maximum atomic E-state index is 12.6. The zero-order valence-electron chi connectivity index (χ0n) is 16.3. The number of carbonyl (C=O) groups is 1. The molecular formula is C22H29N3O2. The number of nitrogens with one attached hydrogen (secondary N) is 2.